The van der Waals surface area contributed by atoms with E-state index in [1.165, 1.54) is 19.3 Å². The quantitative estimate of drug-likeness (QED) is 0.809. The van der Waals surface area contributed by atoms with E-state index in [0.29, 0.717) is 24.1 Å². The fraction of sp³-hybridized carbons (Fsp3) is 0.706. The molecule has 22 heavy (non-hydrogen) atoms. The number of aromatic nitrogens is 1. The summed E-state index contributed by atoms with van der Waals surface area (Å²) in [6.07, 6.45) is 7.24. The number of aliphatic hydroxyl groups is 1. The van der Waals surface area contributed by atoms with Crippen LogP contribution in [0.5, 0.6) is 0 Å². The van der Waals surface area contributed by atoms with Gasteiger partial charge in [-0.25, -0.2) is 4.98 Å². The third-order valence-electron chi connectivity index (χ3n) is 5.38. The van der Waals surface area contributed by atoms with Crippen LogP contribution in [0.4, 0.5) is 11.5 Å². The summed E-state index contributed by atoms with van der Waals surface area (Å²) < 4.78 is 5.89. The van der Waals surface area contributed by atoms with Crippen molar-refractivity contribution in [3.8, 4) is 0 Å². The van der Waals surface area contributed by atoms with Crippen LogP contribution in [0.2, 0.25) is 0 Å². The number of pyridine rings is 1. The fourth-order valence-electron chi connectivity index (χ4n) is 3.80. The van der Waals surface area contributed by atoms with Gasteiger partial charge >= 0.3 is 0 Å². The Kier molecular flexibility index (Phi) is 4.54. The van der Waals surface area contributed by atoms with Crippen LogP contribution in [-0.2, 0) is 4.74 Å². The molecular formula is C17H27N3O2. The monoisotopic (exact) mass is 305 g/mol. The lowest BCUT2D eigenvalue weighted by Gasteiger charge is -2.61. The summed E-state index contributed by atoms with van der Waals surface area (Å²) in [4.78, 5) is 6.52. The van der Waals surface area contributed by atoms with Crippen LogP contribution in [0.1, 0.15) is 32.6 Å². The molecule has 122 valence electrons. The largest absolute Gasteiger partial charge is 0.395 e. The van der Waals surface area contributed by atoms with Crippen LogP contribution < -0.4 is 10.2 Å². The molecule has 1 spiro atoms. The molecule has 5 heteroatoms. The normalized spacial score (nSPS) is 25.4. The molecule has 2 aliphatic rings. The smallest absolute Gasteiger partial charge is 0.126 e. The summed E-state index contributed by atoms with van der Waals surface area (Å²) in [6, 6.07) is 4.58. The molecule has 2 unspecified atom stereocenters. The van der Waals surface area contributed by atoms with Gasteiger partial charge in [0.1, 0.15) is 5.82 Å². The molecule has 0 aliphatic heterocycles. The summed E-state index contributed by atoms with van der Waals surface area (Å²) in [5.41, 5.74) is 1.38. The second-order valence-corrected chi connectivity index (χ2v) is 6.51. The summed E-state index contributed by atoms with van der Waals surface area (Å²) in [6.45, 7) is 3.66. The van der Waals surface area contributed by atoms with E-state index in [0.717, 1.165) is 24.5 Å². The van der Waals surface area contributed by atoms with Gasteiger partial charge in [-0.05, 0) is 38.3 Å². The van der Waals surface area contributed by atoms with Crippen LogP contribution in [0, 0.1) is 5.41 Å². The number of ether oxygens (including phenoxy) is 1. The first kappa shape index (κ1) is 15.6. The van der Waals surface area contributed by atoms with E-state index < -0.39 is 0 Å². The second-order valence-electron chi connectivity index (χ2n) is 6.51. The number of hydrogen-bond donors (Lipinski definition) is 2. The fourth-order valence-corrected chi connectivity index (χ4v) is 3.80. The van der Waals surface area contributed by atoms with Crippen molar-refractivity contribution in [1.29, 1.82) is 0 Å². The highest BCUT2D eigenvalue weighted by Gasteiger charge is 2.58. The first-order valence-corrected chi connectivity index (χ1v) is 8.36. The minimum absolute atomic E-state index is 0.153. The van der Waals surface area contributed by atoms with Crippen LogP contribution in [-0.4, -0.2) is 49.0 Å². The number of aliphatic hydroxyl groups excluding tert-OH is 1. The van der Waals surface area contributed by atoms with Gasteiger partial charge in [0.05, 0.1) is 24.6 Å². The molecular weight excluding hydrogens is 278 g/mol. The van der Waals surface area contributed by atoms with Crippen molar-refractivity contribution in [2.45, 2.75) is 44.8 Å². The molecule has 5 nitrogen and oxygen atoms in total. The Morgan fingerprint density at radius 2 is 2.27 bits per heavy atom. The maximum absolute atomic E-state index is 8.98. The Morgan fingerprint density at radius 3 is 2.82 bits per heavy atom. The molecule has 0 aromatic carbocycles. The number of nitrogens with zero attached hydrogens (tertiary/aromatic N) is 2. The SMILES string of the molecule is CCOC1CC(Nc2ccc(N(C)CCO)cn2)C12CCC2. The zero-order chi connectivity index (χ0) is 15.6. The summed E-state index contributed by atoms with van der Waals surface area (Å²) in [5, 5.41) is 12.6. The molecule has 0 amide bonds. The van der Waals surface area contributed by atoms with Crippen LogP contribution >= 0.6 is 0 Å². The topological polar surface area (TPSA) is 57.6 Å². The van der Waals surface area contributed by atoms with Crippen molar-refractivity contribution in [2.75, 3.05) is 37.0 Å². The molecule has 1 heterocycles. The van der Waals surface area contributed by atoms with Gasteiger partial charge in [0.15, 0.2) is 0 Å². The van der Waals surface area contributed by atoms with Gasteiger partial charge in [-0.3, -0.25) is 0 Å². The lowest BCUT2D eigenvalue weighted by molar-refractivity contribution is -0.157. The predicted molar refractivity (Wildman–Crippen MR) is 88.3 cm³/mol. The van der Waals surface area contributed by atoms with E-state index in [1.807, 2.05) is 24.2 Å². The molecule has 1 aromatic rings. The number of hydrogen-bond acceptors (Lipinski definition) is 5. The number of likely N-dealkylation sites (N-methyl/N-ethyl adjacent to an activating group) is 1. The molecule has 0 bridgehead atoms. The summed E-state index contributed by atoms with van der Waals surface area (Å²) in [5.74, 6) is 0.937. The molecule has 1 aromatic heterocycles. The van der Waals surface area contributed by atoms with E-state index in [2.05, 4.69) is 23.3 Å². The molecule has 2 aliphatic carbocycles. The van der Waals surface area contributed by atoms with Crippen LogP contribution in [0.25, 0.3) is 0 Å². The number of nitrogens with one attached hydrogen (secondary N) is 1. The molecule has 0 saturated heterocycles. The molecule has 0 radical (unpaired) electrons. The maximum Gasteiger partial charge on any atom is 0.126 e. The second kappa shape index (κ2) is 6.42. The highest BCUT2D eigenvalue weighted by molar-refractivity contribution is 5.49. The van der Waals surface area contributed by atoms with Gasteiger partial charge in [0.2, 0.25) is 0 Å². The Hall–Kier alpha value is -1.33. The van der Waals surface area contributed by atoms with Crippen LogP contribution in [0.3, 0.4) is 0 Å². The molecule has 2 fully saturated rings. The minimum atomic E-state index is 0.153. The highest BCUT2D eigenvalue weighted by atomic mass is 16.5. The minimum Gasteiger partial charge on any atom is -0.395 e. The first-order chi connectivity index (χ1) is 10.7. The predicted octanol–water partition coefficient (Wildman–Crippen LogP) is 2.27. The van der Waals surface area contributed by atoms with Gasteiger partial charge < -0.3 is 20.1 Å². The van der Waals surface area contributed by atoms with Crippen molar-refractivity contribution in [1.82, 2.24) is 4.98 Å². The van der Waals surface area contributed by atoms with Gasteiger partial charge in [-0.15, -0.1) is 0 Å². The first-order valence-electron chi connectivity index (χ1n) is 8.36. The third kappa shape index (κ3) is 2.68. The Labute approximate surface area is 132 Å². The zero-order valence-corrected chi connectivity index (χ0v) is 13.6. The molecule has 2 saturated carbocycles. The van der Waals surface area contributed by atoms with Gasteiger partial charge in [-0.2, -0.15) is 0 Å². The maximum atomic E-state index is 8.98. The average molecular weight is 305 g/mol. The molecule has 3 rings (SSSR count). The summed E-state index contributed by atoms with van der Waals surface area (Å²) >= 11 is 0. The lowest BCUT2D eigenvalue weighted by Crippen LogP contribution is -2.64. The van der Waals surface area contributed by atoms with Crippen molar-refractivity contribution >= 4 is 11.5 Å². The molecule has 2 N–H and O–H groups in total. The summed E-state index contributed by atoms with van der Waals surface area (Å²) in [7, 11) is 1.96. The van der Waals surface area contributed by atoms with Crippen molar-refractivity contribution in [2.24, 2.45) is 5.41 Å². The van der Waals surface area contributed by atoms with E-state index in [-0.39, 0.29) is 6.61 Å². The van der Waals surface area contributed by atoms with E-state index in [1.54, 1.807) is 0 Å². The van der Waals surface area contributed by atoms with E-state index in [9.17, 15) is 0 Å². The molecule has 2 atom stereocenters. The highest BCUT2D eigenvalue weighted by Crippen LogP contribution is 2.58. The van der Waals surface area contributed by atoms with Gasteiger partial charge in [-0.1, -0.05) is 6.42 Å². The van der Waals surface area contributed by atoms with E-state index in [4.69, 9.17) is 9.84 Å². The standard InChI is InChI=1S/C17H27N3O2/c1-3-22-15-11-14(17(15)7-4-8-17)19-16-6-5-13(12-18-16)20(2)9-10-21/h5-6,12,14-15,21H,3-4,7-11H2,1-2H3,(H,18,19). The van der Waals surface area contributed by atoms with Gasteiger partial charge in [0.25, 0.3) is 0 Å². The number of anilines is 2. The van der Waals surface area contributed by atoms with Gasteiger partial charge in [0, 0.05) is 31.7 Å². The van der Waals surface area contributed by atoms with E-state index >= 15 is 0 Å². The lowest BCUT2D eigenvalue weighted by atomic mass is 9.51. The Bertz CT molecular complexity index is 487. The van der Waals surface area contributed by atoms with Crippen molar-refractivity contribution < 1.29 is 9.84 Å². The third-order valence-corrected chi connectivity index (χ3v) is 5.38. The van der Waals surface area contributed by atoms with Crippen molar-refractivity contribution in [3.05, 3.63) is 18.3 Å². The van der Waals surface area contributed by atoms with Crippen LogP contribution in [0.15, 0.2) is 18.3 Å². The number of rotatable bonds is 7. The Balaban J connectivity index is 1.60. The van der Waals surface area contributed by atoms with Crippen molar-refractivity contribution in [3.63, 3.8) is 0 Å². The zero-order valence-electron chi connectivity index (χ0n) is 13.6. The average Bonchev–Trinajstić information content (AvgIpc) is 2.45. The Morgan fingerprint density at radius 1 is 1.45 bits per heavy atom.